The fraction of sp³-hybridized carbons (Fsp3) is 0.524. The Labute approximate surface area is 170 Å². The molecular formula is C21H28N6O2. The predicted octanol–water partition coefficient (Wildman–Crippen LogP) is 2.00. The van der Waals surface area contributed by atoms with Crippen LogP contribution in [0.2, 0.25) is 0 Å². The number of hydrogen-bond acceptors (Lipinski definition) is 5. The Bertz CT molecular complexity index is 881. The first-order valence-electron chi connectivity index (χ1n) is 10.4. The van der Waals surface area contributed by atoms with E-state index in [9.17, 15) is 9.59 Å². The van der Waals surface area contributed by atoms with Gasteiger partial charge in [0.25, 0.3) is 5.91 Å². The summed E-state index contributed by atoms with van der Waals surface area (Å²) in [6.45, 7) is 7.77. The van der Waals surface area contributed by atoms with Crippen LogP contribution >= 0.6 is 0 Å². The molecule has 8 heteroatoms. The first kappa shape index (κ1) is 19.6. The molecule has 1 aromatic carbocycles. The average Bonchev–Trinajstić information content (AvgIpc) is 3.18. The summed E-state index contributed by atoms with van der Waals surface area (Å²) >= 11 is 0. The number of anilines is 1. The average molecular weight is 396 g/mol. The Morgan fingerprint density at radius 2 is 1.83 bits per heavy atom. The third-order valence-electron chi connectivity index (χ3n) is 5.72. The van der Waals surface area contributed by atoms with E-state index < -0.39 is 0 Å². The van der Waals surface area contributed by atoms with E-state index in [1.807, 2.05) is 18.7 Å². The molecule has 1 fully saturated rings. The molecule has 0 radical (unpaired) electrons. The van der Waals surface area contributed by atoms with Gasteiger partial charge in [-0.15, -0.1) is 10.2 Å². The van der Waals surface area contributed by atoms with E-state index in [-0.39, 0.29) is 17.7 Å². The van der Waals surface area contributed by atoms with Gasteiger partial charge >= 0.3 is 0 Å². The molecule has 0 spiro atoms. The van der Waals surface area contributed by atoms with Crippen LogP contribution in [0.15, 0.2) is 24.3 Å². The molecule has 29 heavy (non-hydrogen) atoms. The van der Waals surface area contributed by atoms with E-state index in [4.69, 9.17) is 0 Å². The molecule has 2 aliphatic rings. The van der Waals surface area contributed by atoms with Crippen LogP contribution in [0.3, 0.4) is 0 Å². The molecule has 0 atom stereocenters. The lowest BCUT2D eigenvalue weighted by molar-refractivity contribution is -0.118. The van der Waals surface area contributed by atoms with Gasteiger partial charge in [-0.1, -0.05) is 13.8 Å². The number of amides is 2. The van der Waals surface area contributed by atoms with Gasteiger partial charge in [-0.2, -0.15) is 0 Å². The van der Waals surface area contributed by atoms with Gasteiger partial charge in [-0.25, -0.2) is 0 Å². The van der Waals surface area contributed by atoms with Crippen LogP contribution in [-0.2, 0) is 17.9 Å². The molecule has 2 amide bonds. The van der Waals surface area contributed by atoms with E-state index in [1.54, 1.807) is 24.3 Å². The number of piperidine rings is 1. The number of rotatable bonds is 4. The van der Waals surface area contributed by atoms with Gasteiger partial charge in [-0.3, -0.25) is 9.59 Å². The summed E-state index contributed by atoms with van der Waals surface area (Å²) in [4.78, 5) is 26.6. The van der Waals surface area contributed by atoms with Crippen LogP contribution < -0.4 is 10.6 Å². The highest BCUT2D eigenvalue weighted by atomic mass is 16.2. The summed E-state index contributed by atoms with van der Waals surface area (Å²) in [5.74, 6) is 2.36. The van der Waals surface area contributed by atoms with E-state index >= 15 is 0 Å². The maximum Gasteiger partial charge on any atom is 0.253 e. The smallest absolute Gasteiger partial charge is 0.253 e. The number of carbonyl (C=O) groups excluding carboxylic acids is 2. The number of benzene rings is 1. The zero-order valence-corrected chi connectivity index (χ0v) is 17.0. The molecule has 1 saturated heterocycles. The van der Waals surface area contributed by atoms with E-state index in [2.05, 4.69) is 25.4 Å². The number of aromatic nitrogens is 3. The van der Waals surface area contributed by atoms with Crippen LogP contribution in [0.1, 0.15) is 54.6 Å². The summed E-state index contributed by atoms with van der Waals surface area (Å²) in [6, 6.07) is 7.14. The molecule has 154 valence electrons. The first-order valence-corrected chi connectivity index (χ1v) is 10.4. The Morgan fingerprint density at radius 1 is 1.10 bits per heavy atom. The second-order valence-electron chi connectivity index (χ2n) is 8.09. The number of nitrogens with one attached hydrogen (secondary N) is 2. The minimum atomic E-state index is -0.0789. The molecule has 2 aromatic rings. The van der Waals surface area contributed by atoms with Crippen LogP contribution in [0, 0.1) is 5.92 Å². The molecule has 0 aliphatic carbocycles. The minimum Gasteiger partial charge on any atom is -0.339 e. The quantitative estimate of drug-likeness (QED) is 0.825. The van der Waals surface area contributed by atoms with E-state index in [0.717, 1.165) is 57.2 Å². The lowest BCUT2D eigenvalue weighted by Crippen LogP contribution is -2.38. The highest BCUT2D eigenvalue weighted by Crippen LogP contribution is 2.28. The van der Waals surface area contributed by atoms with Gasteiger partial charge in [-0.05, 0) is 37.1 Å². The number of carbonyl (C=O) groups is 2. The van der Waals surface area contributed by atoms with Crippen molar-refractivity contribution in [2.24, 2.45) is 5.92 Å². The minimum absolute atomic E-state index is 0.0300. The Balaban J connectivity index is 1.35. The number of hydrogen-bond donors (Lipinski definition) is 2. The summed E-state index contributed by atoms with van der Waals surface area (Å²) < 4.78 is 2.24. The molecular weight excluding hydrogens is 368 g/mol. The van der Waals surface area contributed by atoms with Crippen molar-refractivity contribution >= 4 is 17.5 Å². The van der Waals surface area contributed by atoms with Crippen LogP contribution in [0.5, 0.6) is 0 Å². The number of nitrogens with zero attached hydrogens (tertiary/aromatic N) is 4. The fourth-order valence-corrected chi connectivity index (χ4v) is 3.92. The molecule has 4 rings (SSSR count). The highest BCUT2D eigenvalue weighted by molar-refractivity contribution is 5.96. The second kappa shape index (κ2) is 8.32. The van der Waals surface area contributed by atoms with E-state index in [0.29, 0.717) is 17.2 Å². The molecule has 8 nitrogen and oxygen atoms in total. The second-order valence-corrected chi connectivity index (χ2v) is 8.09. The summed E-state index contributed by atoms with van der Waals surface area (Å²) in [6.07, 6.45) is 1.81. The molecule has 0 bridgehead atoms. The number of likely N-dealkylation sites (tertiary alicyclic amines) is 1. The van der Waals surface area contributed by atoms with Crippen molar-refractivity contribution in [2.75, 3.05) is 25.0 Å². The first-order chi connectivity index (χ1) is 14.0. The predicted molar refractivity (Wildman–Crippen MR) is 110 cm³/mol. The molecule has 3 heterocycles. The number of fused-ring (bicyclic) bond motifs is 1. The van der Waals surface area contributed by atoms with Gasteiger partial charge in [0.15, 0.2) is 0 Å². The molecule has 0 saturated carbocycles. The standard InChI is InChI=1S/C21H28N6O2/c1-14(2)20(28)23-17-5-3-16(4-6-17)21(29)26-10-7-15(8-11-26)19-25-24-18-13-22-9-12-27(18)19/h3-6,14-15,22H,7-13H2,1-2H3,(H,23,28). The van der Waals surface area contributed by atoms with Crippen molar-refractivity contribution in [1.29, 1.82) is 0 Å². The topological polar surface area (TPSA) is 92.2 Å². The normalized spacial score (nSPS) is 17.3. The lowest BCUT2D eigenvalue weighted by atomic mass is 9.95. The van der Waals surface area contributed by atoms with Crippen LogP contribution in [0.4, 0.5) is 5.69 Å². The summed E-state index contributed by atoms with van der Waals surface area (Å²) in [5.41, 5.74) is 1.36. The maximum absolute atomic E-state index is 12.9. The van der Waals surface area contributed by atoms with Crippen molar-refractivity contribution in [3.05, 3.63) is 41.5 Å². The third kappa shape index (κ3) is 4.17. The van der Waals surface area contributed by atoms with Gasteiger partial charge in [0, 0.05) is 49.3 Å². The van der Waals surface area contributed by atoms with Crippen molar-refractivity contribution in [3.8, 4) is 0 Å². The zero-order chi connectivity index (χ0) is 20.4. The lowest BCUT2D eigenvalue weighted by Gasteiger charge is -2.32. The van der Waals surface area contributed by atoms with Crippen LogP contribution in [-0.4, -0.2) is 51.1 Å². The monoisotopic (exact) mass is 396 g/mol. The molecule has 1 aromatic heterocycles. The van der Waals surface area contributed by atoms with Gasteiger partial charge in [0.05, 0.1) is 6.54 Å². The summed E-state index contributed by atoms with van der Waals surface area (Å²) in [5, 5.41) is 14.9. The fourth-order valence-electron chi connectivity index (χ4n) is 3.92. The largest absolute Gasteiger partial charge is 0.339 e. The van der Waals surface area contributed by atoms with Gasteiger partial charge < -0.3 is 20.1 Å². The van der Waals surface area contributed by atoms with Gasteiger partial charge in [0.2, 0.25) is 5.91 Å². The van der Waals surface area contributed by atoms with Crippen molar-refractivity contribution < 1.29 is 9.59 Å². The Hall–Kier alpha value is -2.74. The van der Waals surface area contributed by atoms with Crippen molar-refractivity contribution in [3.63, 3.8) is 0 Å². The van der Waals surface area contributed by atoms with Crippen molar-refractivity contribution in [1.82, 2.24) is 25.0 Å². The SMILES string of the molecule is CC(C)C(=O)Nc1ccc(C(=O)N2CCC(c3nnc4n3CCNC4)CC2)cc1. The summed E-state index contributed by atoms with van der Waals surface area (Å²) in [7, 11) is 0. The van der Waals surface area contributed by atoms with Gasteiger partial charge in [0.1, 0.15) is 11.6 Å². The van der Waals surface area contributed by atoms with E-state index in [1.165, 1.54) is 0 Å². The third-order valence-corrected chi connectivity index (χ3v) is 5.72. The molecule has 2 aliphatic heterocycles. The Kier molecular flexibility index (Phi) is 5.62. The van der Waals surface area contributed by atoms with Crippen LogP contribution in [0.25, 0.3) is 0 Å². The molecule has 2 N–H and O–H groups in total. The molecule has 0 unspecified atom stereocenters. The highest BCUT2D eigenvalue weighted by Gasteiger charge is 2.29. The van der Waals surface area contributed by atoms with Crippen molar-refractivity contribution in [2.45, 2.75) is 45.7 Å². The maximum atomic E-state index is 12.9. The Morgan fingerprint density at radius 3 is 2.52 bits per heavy atom. The zero-order valence-electron chi connectivity index (χ0n) is 17.0.